The van der Waals surface area contributed by atoms with E-state index in [-0.39, 0.29) is 26.4 Å². The molecule has 2 aromatic carbocycles. The maximum Gasteiger partial charge on any atom is 0.243 e. The normalized spacial score (nSPS) is 16.1. The Morgan fingerprint density at radius 2 is 1.55 bits per heavy atom. The fraction of sp³-hybridized carbons (Fsp3) is 0.368. The molecule has 3 rings (SSSR count). The molecule has 0 bridgehead atoms. The van der Waals surface area contributed by atoms with Gasteiger partial charge in [0.2, 0.25) is 20.0 Å². The highest BCUT2D eigenvalue weighted by molar-refractivity contribution is 7.89. The molecule has 1 N–H and O–H groups in total. The lowest BCUT2D eigenvalue weighted by atomic mass is 10.2. The third-order valence-corrected chi connectivity index (χ3v) is 8.86. The Labute approximate surface area is 181 Å². The van der Waals surface area contributed by atoms with Gasteiger partial charge in [0.15, 0.2) is 0 Å². The van der Waals surface area contributed by atoms with Gasteiger partial charge in [-0.05, 0) is 55.2 Å². The number of hydrogen-bond donors (Lipinski definition) is 1. The molecule has 29 heavy (non-hydrogen) atoms. The van der Waals surface area contributed by atoms with Gasteiger partial charge in [-0.25, -0.2) is 21.6 Å². The van der Waals surface area contributed by atoms with E-state index in [0.717, 1.165) is 24.8 Å². The first-order valence-corrected chi connectivity index (χ1v) is 12.9. The summed E-state index contributed by atoms with van der Waals surface area (Å²) in [5.41, 5.74) is 0.822. The molecule has 0 amide bonds. The van der Waals surface area contributed by atoms with Crippen molar-refractivity contribution in [3.63, 3.8) is 0 Å². The SMILES string of the molecule is O=S(=O)(NCCc1ccc(S(=O)(=O)N2CCCCC2)cc1)c1cc(Cl)ccc1Cl. The maximum absolute atomic E-state index is 12.7. The Morgan fingerprint density at radius 1 is 0.897 bits per heavy atom. The van der Waals surface area contributed by atoms with Crippen LogP contribution in [-0.4, -0.2) is 40.8 Å². The second-order valence-corrected chi connectivity index (χ2v) is 11.3. The molecular formula is C19H22Cl2N2O4S2. The first-order chi connectivity index (χ1) is 13.7. The molecule has 0 aromatic heterocycles. The molecule has 1 heterocycles. The van der Waals surface area contributed by atoms with Crippen molar-refractivity contribution in [1.29, 1.82) is 0 Å². The molecule has 1 saturated heterocycles. The highest BCUT2D eigenvalue weighted by Gasteiger charge is 2.25. The molecule has 2 aromatic rings. The second-order valence-electron chi connectivity index (χ2n) is 6.83. The number of rotatable bonds is 7. The minimum Gasteiger partial charge on any atom is -0.211 e. The predicted octanol–water partition coefficient (Wildman–Crippen LogP) is 3.69. The van der Waals surface area contributed by atoms with Gasteiger partial charge in [-0.3, -0.25) is 0 Å². The molecule has 1 aliphatic rings. The van der Waals surface area contributed by atoms with E-state index in [2.05, 4.69) is 4.72 Å². The highest BCUT2D eigenvalue weighted by Crippen LogP contribution is 2.25. The standard InChI is InChI=1S/C19H22Cl2N2O4S2/c20-16-6-9-18(21)19(14-16)28(24,25)22-11-10-15-4-7-17(8-5-15)29(26,27)23-12-2-1-3-13-23/h4-9,14,22H,1-3,10-13H2. The van der Waals surface area contributed by atoms with Crippen molar-refractivity contribution in [1.82, 2.24) is 9.03 Å². The minimum absolute atomic E-state index is 0.0744. The van der Waals surface area contributed by atoms with E-state index in [1.54, 1.807) is 24.3 Å². The second kappa shape index (κ2) is 9.32. The average molecular weight is 477 g/mol. The zero-order chi connectivity index (χ0) is 21.1. The molecule has 6 nitrogen and oxygen atoms in total. The number of piperidine rings is 1. The first kappa shape index (κ1) is 22.5. The summed E-state index contributed by atoms with van der Waals surface area (Å²) in [7, 11) is -7.27. The van der Waals surface area contributed by atoms with Crippen LogP contribution in [-0.2, 0) is 26.5 Å². The van der Waals surface area contributed by atoms with Gasteiger partial charge in [-0.2, -0.15) is 4.31 Å². The van der Waals surface area contributed by atoms with Crippen molar-refractivity contribution < 1.29 is 16.8 Å². The third kappa shape index (κ3) is 5.51. The van der Waals surface area contributed by atoms with Crippen LogP contribution in [0.3, 0.4) is 0 Å². The quantitative estimate of drug-likeness (QED) is 0.660. The Kier molecular flexibility index (Phi) is 7.24. The number of sulfonamides is 2. The van der Waals surface area contributed by atoms with Crippen LogP contribution in [0.15, 0.2) is 52.3 Å². The molecule has 10 heteroatoms. The van der Waals surface area contributed by atoms with Gasteiger partial charge in [-0.1, -0.05) is 41.8 Å². The zero-order valence-corrected chi connectivity index (χ0v) is 18.8. The smallest absolute Gasteiger partial charge is 0.211 e. The summed E-state index contributed by atoms with van der Waals surface area (Å²) in [6.45, 7) is 1.25. The fourth-order valence-corrected chi connectivity index (χ4v) is 6.48. The average Bonchev–Trinajstić information content (AvgIpc) is 2.70. The van der Waals surface area contributed by atoms with Crippen LogP contribution in [0, 0.1) is 0 Å². The molecule has 158 valence electrons. The van der Waals surface area contributed by atoms with Crippen molar-refractivity contribution >= 4 is 43.2 Å². The number of nitrogens with one attached hydrogen (secondary N) is 1. The minimum atomic E-state index is -3.80. The summed E-state index contributed by atoms with van der Waals surface area (Å²) in [5, 5.41) is 0.370. The lowest BCUT2D eigenvalue weighted by molar-refractivity contribution is 0.346. The Hall–Kier alpha value is -1.16. The summed E-state index contributed by atoms with van der Waals surface area (Å²) in [6.07, 6.45) is 3.23. The number of nitrogens with zero attached hydrogens (tertiary/aromatic N) is 1. The van der Waals surface area contributed by atoms with Gasteiger partial charge in [0.05, 0.1) is 9.92 Å². The van der Waals surface area contributed by atoms with Crippen LogP contribution in [0.1, 0.15) is 24.8 Å². The van der Waals surface area contributed by atoms with Gasteiger partial charge >= 0.3 is 0 Å². The van der Waals surface area contributed by atoms with E-state index in [9.17, 15) is 16.8 Å². The van der Waals surface area contributed by atoms with Crippen LogP contribution < -0.4 is 4.72 Å². The molecule has 0 spiro atoms. The van der Waals surface area contributed by atoms with Crippen molar-refractivity contribution in [2.75, 3.05) is 19.6 Å². The van der Waals surface area contributed by atoms with E-state index < -0.39 is 20.0 Å². The van der Waals surface area contributed by atoms with Crippen LogP contribution in [0.4, 0.5) is 0 Å². The van der Waals surface area contributed by atoms with Gasteiger partial charge < -0.3 is 0 Å². The summed E-state index contributed by atoms with van der Waals surface area (Å²) in [4.78, 5) is 0.184. The molecule has 1 aliphatic heterocycles. The summed E-state index contributed by atoms with van der Waals surface area (Å²) >= 11 is 11.8. The van der Waals surface area contributed by atoms with Crippen LogP contribution in [0.5, 0.6) is 0 Å². The summed E-state index contributed by atoms with van der Waals surface area (Å²) < 4.78 is 54.2. The lowest BCUT2D eigenvalue weighted by Gasteiger charge is -2.25. The third-order valence-electron chi connectivity index (χ3n) is 4.76. The van der Waals surface area contributed by atoms with Crippen molar-refractivity contribution in [2.45, 2.75) is 35.5 Å². The molecule has 0 radical (unpaired) electrons. The molecule has 0 unspecified atom stereocenters. The molecular weight excluding hydrogens is 455 g/mol. The molecule has 1 fully saturated rings. The highest BCUT2D eigenvalue weighted by atomic mass is 35.5. The van der Waals surface area contributed by atoms with Crippen molar-refractivity contribution in [3.8, 4) is 0 Å². The fourth-order valence-electron chi connectivity index (χ4n) is 3.17. The first-order valence-electron chi connectivity index (χ1n) is 9.24. The Bertz CT molecular complexity index is 1070. The van der Waals surface area contributed by atoms with Crippen molar-refractivity contribution in [3.05, 3.63) is 58.1 Å². The monoisotopic (exact) mass is 476 g/mol. The van der Waals surface area contributed by atoms with E-state index in [0.29, 0.717) is 19.5 Å². The van der Waals surface area contributed by atoms with Gasteiger partial charge in [0, 0.05) is 24.7 Å². The molecule has 0 saturated carbocycles. The van der Waals surface area contributed by atoms with Crippen molar-refractivity contribution in [2.24, 2.45) is 0 Å². The zero-order valence-electron chi connectivity index (χ0n) is 15.6. The van der Waals surface area contributed by atoms with Gasteiger partial charge in [0.1, 0.15) is 4.90 Å². The maximum atomic E-state index is 12.7. The Balaban J connectivity index is 1.62. The van der Waals surface area contributed by atoms with Crippen LogP contribution in [0.2, 0.25) is 10.0 Å². The number of benzene rings is 2. The van der Waals surface area contributed by atoms with Crippen LogP contribution in [0.25, 0.3) is 0 Å². The summed E-state index contributed by atoms with van der Waals surface area (Å²) in [5.74, 6) is 0. The topological polar surface area (TPSA) is 83.5 Å². The summed E-state index contributed by atoms with van der Waals surface area (Å²) in [6, 6.07) is 10.8. The predicted molar refractivity (Wildman–Crippen MR) is 114 cm³/mol. The Morgan fingerprint density at radius 3 is 2.21 bits per heavy atom. The molecule has 0 aliphatic carbocycles. The van der Waals surface area contributed by atoms with E-state index in [1.807, 2.05) is 0 Å². The lowest BCUT2D eigenvalue weighted by Crippen LogP contribution is -2.35. The van der Waals surface area contributed by atoms with E-state index in [1.165, 1.54) is 22.5 Å². The van der Waals surface area contributed by atoms with E-state index in [4.69, 9.17) is 23.2 Å². The molecule has 0 atom stereocenters. The van der Waals surface area contributed by atoms with E-state index >= 15 is 0 Å². The van der Waals surface area contributed by atoms with Gasteiger partial charge in [-0.15, -0.1) is 0 Å². The largest absolute Gasteiger partial charge is 0.243 e. The van der Waals surface area contributed by atoms with Crippen LogP contribution >= 0.6 is 23.2 Å². The number of hydrogen-bond acceptors (Lipinski definition) is 4. The van der Waals surface area contributed by atoms with Gasteiger partial charge in [0.25, 0.3) is 0 Å². The number of halogens is 2.